The molecule has 9 nitrogen and oxygen atoms in total. The first kappa shape index (κ1) is 27.3. The number of nitrogens with one attached hydrogen (secondary N) is 2. The van der Waals surface area contributed by atoms with Gasteiger partial charge >= 0.3 is 6.03 Å². The van der Waals surface area contributed by atoms with Gasteiger partial charge in [0, 0.05) is 48.4 Å². The molecule has 1 fully saturated rings. The molecule has 0 aliphatic carbocycles. The van der Waals surface area contributed by atoms with E-state index < -0.39 is 33.2 Å². The van der Waals surface area contributed by atoms with Gasteiger partial charge in [0.2, 0.25) is 0 Å². The number of amides is 3. The average Bonchev–Trinajstić information content (AvgIpc) is 3.07. The number of likely N-dealkylation sites (tertiary alicyclic amines) is 1. The van der Waals surface area contributed by atoms with Crippen molar-refractivity contribution in [3.8, 4) is 0 Å². The summed E-state index contributed by atoms with van der Waals surface area (Å²) in [6, 6.07) is 5.82. The molecule has 33 heavy (non-hydrogen) atoms. The monoisotopic (exact) mass is 488 g/mol. The predicted octanol–water partition coefficient (Wildman–Crippen LogP) is 2.59. The molecule has 2 N–H and O–H groups in total. The number of rotatable bonds is 6. The summed E-state index contributed by atoms with van der Waals surface area (Å²) < 4.78 is 41.6. The van der Waals surface area contributed by atoms with Crippen LogP contribution in [0, 0.1) is 0 Å². The van der Waals surface area contributed by atoms with E-state index in [1.807, 2.05) is 50.6 Å². The molecule has 0 unspecified atom stereocenters. The fourth-order valence-corrected chi connectivity index (χ4v) is 4.43. The van der Waals surface area contributed by atoms with E-state index in [1.54, 1.807) is 0 Å². The number of halogens is 1. The number of nitrogens with zero attached hydrogens (tertiary/aromatic N) is 3. The minimum Gasteiger partial charge on any atom is -0.331 e. The number of alkyl halides is 1. The van der Waals surface area contributed by atoms with Crippen molar-refractivity contribution in [2.75, 3.05) is 18.4 Å². The zero-order valence-corrected chi connectivity index (χ0v) is 22.5. The van der Waals surface area contributed by atoms with E-state index >= 15 is 0 Å². The first-order chi connectivity index (χ1) is 14.9. The number of carbonyl (C=O) groups is 2. The van der Waals surface area contributed by atoms with Gasteiger partial charge in [-0.3, -0.25) is 9.48 Å². The molecule has 1 aliphatic rings. The fraction of sp³-hybridized carbons (Fsp3) is 0.476. The molecular formula is C21H28FN5NaO4S. The van der Waals surface area contributed by atoms with Crippen LogP contribution in [0.4, 0.5) is 14.9 Å². The van der Waals surface area contributed by atoms with Crippen molar-refractivity contribution in [1.29, 1.82) is 0 Å². The van der Waals surface area contributed by atoms with Crippen molar-refractivity contribution in [3.63, 3.8) is 0 Å². The van der Waals surface area contributed by atoms with Crippen LogP contribution in [-0.4, -0.2) is 83.9 Å². The number of sulfonamides is 1. The molecule has 0 atom stereocenters. The number of urea groups is 1. The summed E-state index contributed by atoms with van der Waals surface area (Å²) in [5.74, 6) is -0.307. The van der Waals surface area contributed by atoms with Gasteiger partial charge in [0.25, 0.3) is 15.9 Å². The summed E-state index contributed by atoms with van der Waals surface area (Å²) in [4.78, 5) is 26.3. The Morgan fingerprint density at radius 3 is 2.15 bits per heavy atom. The number of para-hydroxylation sites is 1. The van der Waals surface area contributed by atoms with Crippen LogP contribution in [0.1, 0.15) is 61.1 Å². The number of anilines is 1. The molecule has 3 rings (SSSR count). The summed E-state index contributed by atoms with van der Waals surface area (Å²) in [6.45, 7) is 7.84. The molecule has 1 radical (unpaired) electrons. The second kappa shape index (κ2) is 10.5. The third kappa shape index (κ3) is 5.95. The number of aryl methyl sites for hydroxylation is 1. The van der Waals surface area contributed by atoms with E-state index in [-0.39, 0.29) is 60.2 Å². The molecule has 0 bridgehead atoms. The second-order valence-corrected chi connectivity index (χ2v) is 10.1. The molecule has 12 heteroatoms. The molecule has 2 heterocycles. The maximum atomic E-state index is 13.1. The summed E-state index contributed by atoms with van der Waals surface area (Å²) >= 11 is 0. The van der Waals surface area contributed by atoms with Gasteiger partial charge in [0.05, 0.1) is 13.1 Å². The smallest absolute Gasteiger partial charge is 0.331 e. The average molecular weight is 489 g/mol. The summed E-state index contributed by atoms with van der Waals surface area (Å²) in [6.07, 6.45) is -1.08. The summed E-state index contributed by atoms with van der Waals surface area (Å²) in [5.41, 5.74) is 2.33. The number of benzene rings is 1. The third-order valence-corrected chi connectivity index (χ3v) is 6.52. The zero-order valence-electron chi connectivity index (χ0n) is 19.7. The van der Waals surface area contributed by atoms with Crippen LogP contribution in [0.25, 0.3) is 0 Å². The summed E-state index contributed by atoms with van der Waals surface area (Å²) in [5, 5.41) is 6.06. The Balaban J connectivity index is 0.00000385. The molecule has 0 spiro atoms. The fourth-order valence-electron chi connectivity index (χ4n) is 3.53. The van der Waals surface area contributed by atoms with Gasteiger partial charge in [-0.2, -0.15) is 13.5 Å². The molecule has 1 aromatic heterocycles. The zero-order chi connectivity index (χ0) is 23.8. The Bertz CT molecular complexity index is 1120. The second-order valence-electron chi connectivity index (χ2n) is 8.48. The van der Waals surface area contributed by atoms with Crippen molar-refractivity contribution in [3.05, 3.63) is 41.1 Å². The van der Waals surface area contributed by atoms with Crippen LogP contribution >= 0.6 is 0 Å². The van der Waals surface area contributed by atoms with E-state index in [2.05, 4.69) is 10.4 Å². The van der Waals surface area contributed by atoms with Crippen molar-refractivity contribution in [2.45, 2.75) is 50.7 Å². The van der Waals surface area contributed by atoms with Crippen LogP contribution in [0.5, 0.6) is 0 Å². The molecule has 1 saturated heterocycles. The first-order valence-electron chi connectivity index (χ1n) is 10.3. The van der Waals surface area contributed by atoms with E-state index in [1.165, 1.54) is 11.9 Å². The van der Waals surface area contributed by atoms with Crippen molar-refractivity contribution >= 4 is 57.2 Å². The van der Waals surface area contributed by atoms with E-state index in [0.717, 1.165) is 21.9 Å². The molecular weight excluding hydrogens is 460 g/mol. The summed E-state index contributed by atoms with van der Waals surface area (Å²) in [7, 11) is -2.94. The first-order valence-corrected chi connectivity index (χ1v) is 11.8. The standard InChI is InChI=1S/C21H28FN5O4S.Na/c1-12(2)15-7-6-8-16(13(3)4)19(15)23-21(29)25-32(30,31)18-9-17(26(5)24-18)20(28)27-10-14(22)11-27;/h6-9,12-14H,10-11H2,1-5H3,(H2,23,25,29);. The molecule has 3 amide bonds. The van der Waals surface area contributed by atoms with Gasteiger partial charge < -0.3 is 10.2 Å². The topological polar surface area (TPSA) is 113 Å². The number of hydrogen-bond acceptors (Lipinski definition) is 5. The molecule has 1 aromatic carbocycles. The van der Waals surface area contributed by atoms with E-state index in [9.17, 15) is 22.4 Å². The van der Waals surface area contributed by atoms with Gasteiger partial charge in [-0.1, -0.05) is 45.9 Å². The van der Waals surface area contributed by atoms with Crippen LogP contribution in [0.2, 0.25) is 0 Å². The minimum absolute atomic E-state index is 0. The van der Waals surface area contributed by atoms with Crippen LogP contribution < -0.4 is 10.0 Å². The number of aromatic nitrogens is 2. The normalized spacial score (nSPS) is 14.1. The van der Waals surface area contributed by atoms with Gasteiger partial charge in [-0.05, 0) is 23.0 Å². The Kier molecular flexibility index (Phi) is 8.72. The predicted molar refractivity (Wildman–Crippen MR) is 124 cm³/mol. The van der Waals surface area contributed by atoms with E-state index in [4.69, 9.17) is 0 Å². The Labute approximate surface area is 215 Å². The SMILES string of the molecule is CC(C)c1cccc(C(C)C)c1NC(=O)NS(=O)(=O)c1cc(C(=O)N2CC(F)C2)n(C)n1.[Na]. The van der Waals surface area contributed by atoms with Gasteiger partial charge in [-0.25, -0.2) is 13.9 Å². The Morgan fingerprint density at radius 1 is 1.12 bits per heavy atom. The minimum atomic E-state index is -4.34. The van der Waals surface area contributed by atoms with Crippen LogP contribution in [0.3, 0.4) is 0 Å². The third-order valence-electron chi connectivity index (χ3n) is 5.31. The van der Waals surface area contributed by atoms with Crippen LogP contribution in [-0.2, 0) is 17.1 Å². The van der Waals surface area contributed by atoms with Crippen molar-refractivity contribution in [1.82, 2.24) is 19.4 Å². The van der Waals surface area contributed by atoms with Gasteiger partial charge in [0.15, 0.2) is 5.03 Å². The van der Waals surface area contributed by atoms with Crippen molar-refractivity contribution < 1.29 is 22.4 Å². The molecule has 2 aromatic rings. The number of carbonyl (C=O) groups excluding carboxylic acids is 2. The number of hydrogen-bond donors (Lipinski definition) is 2. The molecule has 0 saturated carbocycles. The van der Waals surface area contributed by atoms with E-state index in [0.29, 0.717) is 5.69 Å². The molecule has 1 aliphatic heterocycles. The van der Waals surface area contributed by atoms with Gasteiger partial charge in [0.1, 0.15) is 11.9 Å². The Morgan fingerprint density at radius 2 is 1.67 bits per heavy atom. The van der Waals surface area contributed by atoms with Crippen molar-refractivity contribution in [2.24, 2.45) is 7.05 Å². The maximum Gasteiger partial charge on any atom is 0.333 e. The molecule has 175 valence electrons. The largest absolute Gasteiger partial charge is 0.333 e. The van der Waals surface area contributed by atoms with Gasteiger partial charge in [-0.15, -0.1) is 0 Å². The quantitative estimate of drug-likeness (QED) is 0.607. The maximum absolute atomic E-state index is 13.1. The van der Waals surface area contributed by atoms with Crippen LogP contribution in [0.15, 0.2) is 29.3 Å². The Hall–Kier alpha value is -1.95.